The maximum absolute atomic E-state index is 12.7. The summed E-state index contributed by atoms with van der Waals surface area (Å²) < 4.78 is 17.8. The number of hydrogen-bond acceptors (Lipinski definition) is 3. The Hall–Kier alpha value is -2.11. The summed E-state index contributed by atoms with van der Waals surface area (Å²) in [6.45, 7) is 4.82. The Balaban J connectivity index is 2.54. The van der Waals surface area contributed by atoms with Crippen molar-refractivity contribution in [3.63, 3.8) is 0 Å². The third-order valence-electron chi connectivity index (χ3n) is 2.60. The molecular formula is C14H18FNO4. The molecule has 1 aromatic carbocycles. The zero-order valence-corrected chi connectivity index (χ0v) is 11.6. The molecule has 2 N–H and O–H groups in total. The Bertz CT molecular complexity index is 479. The second kappa shape index (κ2) is 6.36. The molecular weight excluding hydrogens is 265 g/mol. The van der Waals surface area contributed by atoms with Gasteiger partial charge in [-0.25, -0.2) is 9.18 Å². The third-order valence-corrected chi connectivity index (χ3v) is 2.60. The molecule has 0 spiro atoms. The molecule has 0 radical (unpaired) electrons. The maximum atomic E-state index is 12.7. The number of carbonyl (C=O) groups excluding carboxylic acids is 1. The number of carboxylic acids is 1. The smallest absolute Gasteiger partial charge is 0.326 e. The summed E-state index contributed by atoms with van der Waals surface area (Å²) in [6, 6.07) is 4.19. The van der Waals surface area contributed by atoms with Crippen LogP contribution in [0, 0.1) is 11.2 Å². The van der Waals surface area contributed by atoms with Crippen LogP contribution >= 0.6 is 0 Å². The van der Waals surface area contributed by atoms with Crippen molar-refractivity contribution in [2.75, 3.05) is 6.61 Å². The van der Waals surface area contributed by atoms with E-state index in [1.165, 1.54) is 24.3 Å². The van der Waals surface area contributed by atoms with Crippen LogP contribution in [0.3, 0.4) is 0 Å². The fraction of sp³-hybridized carbons (Fsp3) is 0.429. The molecule has 1 rings (SSSR count). The second-order valence-corrected chi connectivity index (χ2v) is 5.45. The molecule has 0 aliphatic rings. The highest BCUT2D eigenvalue weighted by atomic mass is 19.1. The first-order chi connectivity index (χ1) is 9.20. The molecule has 1 unspecified atom stereocenters. The number of nitrogens with one attached hydrogen (secondary N) is 1. The number of carbonyl (C=O) groups is 2. The zero-order chi connectivity index (χ0) is 15.3. The third kappa shape index (κ3) is 4.87. The second-order valence-electron chi connectivity index (χ2n) is 5.45. The van der Waals surface area contributed by atoms with Gasteiger partial charge in [-0.3, -0.25) is 4.79 Å². The Morgan fingerprint density at radius 2 is 1.85 bits per heavy atom. The first-order valence-electron chi connectivity index (χ1n) is 6.10. The van der Waals surface area contributed by atoms with E-state index in [1.807, 2.05) is 0 Å². The zero-order valence-electron chi connectivity index (χ0n) is 11.6. The SMILES string of the molecule is CC(C)(C)C(NC(=O)COc1ccc(F)cc1)C(=O)O. The molecule has 1 amide bonds. The van der Waals surface area contributed by atoms with E-state index in [0.29, 0.717) is 5.75 Å². The molecule has 5 nitrogen and oxygen atoms in total. The number of rotatable bonds is 5. The molecule has 0 aliphatic heterocycles. The molecule has 1 atom stereocenters. The van der Waals surface area contributed by atoms with Crippen molar-refractivity contribution >= 4 is 11.9 Å². The van der Waals surface area contributed by atoms with Crippen molar-refractivity contribution in [2.45, 2.75) is 26.8 Å². The van der Waals surface area contributed by atoms with Gasteiger partial charge in [-0.05, 0) is 29.7 Å². The largest absolute Gasteiger partial charge is 0.484 e. The molecule has 0 fully saturated rings. The Kier molecular flexibility index (Phi) is 5.07. The van der Waals surface area contributed by atoms with Crippen LogP contribution in [0.25, 0.3) is 0 Å². The molecule has 6 heteroatoms. The van der Waals surface area contributed by atoms with Crippen molar-refractivity contribution in [1.29, 1.82) is 0 Å². The van der Waals surface area contributed by atoms with Gasteiger partial charge in [0.25, 0.3) is 5.91 Å². The van der Waals surface area contributed by atoms with Gasteiger partial charge < -0.3 is 15.2 Å². The summed E-state index contributed by atoms with van der Waals surface area (Å²) >= 11 is 0. The summed E-state index contributed by atoms with van der Waals surface area (Å²) in [4.78, 5) is 22.8. The van der Waals surface area contributed by atoms with Crippen LogP contribution in [-0.4, -0.2) is 29.6 Å². The number of benzene rings is 1. The Morgan fingerprint density at radius 3 is 2.30 bits per heavy atom. The molecule has 20 heavy (non-hydrogen) atoms. The van der Waals surface area contributed by atoms with Crippen LogP contribution in [0.1, 0.15) is 20.8 Å². The van der Waals surface area contributed by atoms with Crippen molar-refractivity contribution in [3.8, 4) is 5.75 Å². The Labute approximate surface area is 116 Å². The highest BCUT2D eigenvalue weighted by Crippen LogP contribution is 2.19. The first-order valence-corrected chi connectivity index (χ1v) is 6.10. The van der Waals surface area contributed by atoms with Gasteiger partial charge in [-0.1, -0.05) is 20.8 Å². The number of amides is 1. The lowest BCUT2D eigenvalue weighted by Gasteiger charge is -2.27. The quantitative estimate of drug-likeness (QED) is 0.864. The minimum Gasteiger partial charge on any atom is -0.484 e. The predicted molar refractivity (Wildman–Crippen MR) is 70.9 cm³/mol. The van der Waals surface area contributed by atoms with Crippen LogP contribution in [-0.2, 0) is 9.59 Å². The number of aliphatic carboxylic acids is 1. The van der Waals surface area contributed by atoms with E-state index in [2.05, 4.69) is 5.32 Å². The highest BCUT2D eigenvalue weighted by molar-refractivity contribution is 5.84. The number of ether oxygens (including phenoxy) is 1. The molecule has 0 aliphatic carbocycles. The monoisotopic (exact) mass is 283 g/mol. The van der Waals surface area contributed by atoms with Gasteiger partial charge in [0.05, 0.1) is 0 Å². The molecule has 0 aromatic heterocycles. The maximum Gasteiger partial charge on any atom is 0.326 e. The van der Waals surface area contributed by atoms with Crippen LogP contribution in [0.5, 0.6) is 5.75 Å². The van der Waals surface area contributed by atoms with Crippen molar-refractivity contribution in [2.24, 2.45) is 5.41 Å². The van der Waals surface area contributed by atoms with E-state index in [0.717, 1.165) is 0 Å². The Morgan fingerprint density at radius 1 is 1.30 bits per heavy atom. The molecule has 0 saturated heterocycles. The molecule has 110 valence electrons. The summed E-state index contributed by atoms with van der Waals surface area (Å²) in [5.41, 5.74) is -0.614. The van der Waals surface area contributed by atoms with Crippen LogP contribution < -0.4 is 10.1 Å². The number of carboxylic acid groups (broad SMARTS) is 1. The van der Waals surface area contributed by atoms with Crippen molar-refractivity contribution in [1.82, 2.24) is 5.32 Å². The van der Waals surface area contributed by atoms with Gasteiger partial charge in [0, 0.05) is 0 Å². The van der Waals surface area contributed by atoms with Crippen molar-refractivity contribution in [3.05, 3.63) is 30.1 Å². The standard InChI is InChI=1S/C14H18FNO4/c1-14(2,3)12(13(18)19)16-11(17)8-20-10-6-4-9(15)5-7-10/h4-7,12H,8H2,1-3H3,(H,16,17)(H,18,19). The van der Waals surface area contributed by atoms with Gasteiger partial charge >= 0.3 is 5.97 Å². The topological polar surface area (TPSA) is 75.6 Å². The van der Waals surface area contributed by atoms with E-state index >= 15 is 0 Å². The lowest BCUT2D eigenvalue weighted by atomic mass is 9.87. The summed E-state index contributed by atoms with van der Waals surface area (Å²) in [6.07, 6.45) is 0. The fourth-order valence-electron chi connectivity index (χ4n) is 1.53. The van der Waals surface area contributed by atoms with Gasteiger partial charge in [0.15, 0.2) is 6.61 Å². The summed E-state index contributed by atoms with van der Waals surface area (Å²) in [5, 5.41) is 11.5. The number of halogens is 1. The van der Waals surface area contributed by atoms with Gasteiger partial charge in [0.1, 0.15) is 17.6 Å². The van der Waals surface area contributed by atoms with Crippen LogP contribution in [0.15, 0.2) is 24.3 Å². The van der Waals surface area contributed by atoms with E-state index < -0.39 is 29.2 Å². The number of hydrogen-bond donors (Lipinski definition) is 2. The van der Waals surface area contributed by atoms with Gasteiger partial charge in [-0.15, -0.1) is 0 Å². The first kappa shape index (κ1) is 15.9. The lowest BCUT2D eigenvalue weighted by Crippen LogP contribution is -2.50. The molecule has 0 bridgehead atoms. The van der Waals surface area contributed by atoms with Gasteiger partial charge in [0.2, 0.25) is 0 Å². The van der Waals surface area contributed by atoms with E-state index in [9.17, 15) is 14.0 Å². The van der Waals surface area contributed by atoms with E-state index in [-0.39, 0.29) is 6.61 Å². The molecule has 0 heterocycles. The normalized spacial score (nSPS) is 12.6. The minimum atomic E-state index is -1.10. The predicted octanol–water partition coefficient (Wildman–Crippen LogP) is 1.82. The highest BCUT2D eigenvalue weighted by Gasteiger charge is 2.32. The van der Waals surface area contributed by atoms with Crippen molar-refractivity contribution < 1.29 is 23.8 Å². The van der Waals surface area contributed by atoms with E-state index in [4.69, 9.17) is 9.84 Å². The molecule has 1 aromatic rings. The summed E-state index contributed by atoms with van der Waals surface area (Å²) in [7, 11) is 0. The van der Waals surface area contributed by atoms with Crippen LogP contribution in [0.4, 0.5) is 4.39 Å². The van der Waals surface area contributed by atoms with Crippen LogP contribution in [0.2, 0.25) is 0 Å². The fourth-order valence-corrected chi connectivity index (χ4v) is 1.53. The molecule has 0 saturated carbocycles. The van der Waals surface area contributed by atoms with Gasteiger partial charge in [-0.2, -0.15) is 0 Å². The average molecular weight is 283 g/mol. The summed E-state index contributed by atoms with van der Waals surface area (Å²) in [5.74, 6) is -1.71. The van der Waals surface area contributed by atoms with E-state index in [1.54, 1.807) is 20.8 Å². The minimum absolute atomic E-state index is 0.328. The lowest BCUT2D eigenvalue weighted by molar-refractivity contribution is -0.145. The average Bonchev–Trinajstić information content (AvgIpc) is 2.33.